The van der Waals surface area contributed by atoms with E-state index in [1.165, 1.54) is 25.0 Å². The zero-order valence-corrected chi connectivity index (χ0v) is 25.6. The third-order valence-corrected chi connectivity index (χ3v) is 7.86. The van der Waals surface area contributed by atoms with E-state index >= 15 is 0 Å². The molecular weight excluding hydrogens is 527 g/mol. The van der Waals surface area contributed by atoms with Crippen LogP contribution in [0.25, 0.3) is 11.1 Å². The van der Waals surface area contributed by atoms with Crippen molar-refractivity contribution in [2.24, 2.45) is 0 Å². The monoisotopic (exact) mass is 556 g/mol. The molecular formula is C30H29BF3KN2O2. The number of piperazine rings is 1. The van der Waals surface area contributed by atoms with Gasteiger partial charge in [-0.2, -0.15) is 0 Å². The van der Waals surface area contributed by atoms with Gasteiger partial charge in [0.2, 0.25) is 0 Å². The third kappa shape index (κ3) is 6.02. The fraction of sp³-hybridized carbons (Fsp3) is 0.300. The molecule has 1 saturated heterocycles. The van der Waals surface area contributed by atoms with Gasteiger partial charge in [-0.1, -0.05) is 65.6 Å². The molecule has 9 heteroatoms. The molecule has 1 amide bonds. The Morgan fingerprint density at radius 2 is 1.54 bits per heavy atom. The molecule has 0 atom stereocenters. The number of fused-ring (bicyclic) bond motifs is 3. The first-order valence-corrected chi connectivity index (χ1v) is 12.8. The van der Waals surface area contributed by atoms with E-state index in [1.807, 2.05) is 24.3 Å². The van der Waals surface area contributed by atoms with Crippen LogP contribution in [0.3, 0.4) is 0 Å². The second-order valence-electron chi connectivity index (χ2n) is 10.0. The molecule has 4 nitrogen and oxygen atoms in total. The van der Waals surface area contributed by atoms with E-state index in [0.717, 1.165) is 11.1 Å². The maximum absolute atomic E-state index is 13.8. The molecule has 3 aromatic carbocycles. The van der Waals surface area contributed by atoms with Crippen molar-refractivity contribution in [1.82, 2.24) is 9.80 Å². The Kier molecular flexibility index (Phi) is 9.37. The molecule has 5 rings (SSSR count). The molecule has 39 heavy (non-hydrogen) atoms. The van der Waals surface area contributed by atoms with Crippen molar-refractivity contribution >= 4 is 18.5 Å². The van der Waals surface area contributed by atoms with E-state index in [-0.39, 0.29) is 86.7 Å². The molecule has 3 aromatic rings. The maximum atomic E-state index is 13.8. The molecule has 0 saturated carbocycles. The van der Waals surface area contributed by atoms with Gasteiger partial charge in [0.25, 0.3) is 0 Å². The third-order valence-electron chi connectivity index (χ3n) is 7.86. The predicted octanol–water partition coefficient (Wildman–Crippen LogP) is 2.41. The average molecular weight is 556 g/mol. The minimum absolute atomic E-state index is 0. The SMILES string of the molecule is C#Cc1cc(CN2CCN(C(=O)OCC3c4ccccc4-c4ccccc43)CC2)c(C)c([B-](F)(F)F)c1C.[K+]. The van der Waals surface area contributed by atoms with Crippen LogP contribution in [-0.4, -0.2) is 55.7 Å². The molecule has 0 radical (unpaired) electrons. The number of ether oxygens (including phenoxy) is 1. The van der Waals surface area contributed by atoms with Crippen molar-refractivity contribution in [3.05, 3.63) is 88.0 Å². The first-order valence-electron chi connectivity index (χ1n) is 12.8. The van der Waals surface area contributed by atoms with E-state index < -0.39 is 12.4 Å². The van der Waals surface area contributed by atoms with Crippen LogP contribution >= 0.6 is 0 Å². The van der Waals surface area contributed by atoms with Crippen LogP contribution in [0.2, 0.25) is 0 Å². The van der Waals surface area contributed by atoms with Crippen molar-refractivity contribution in [2.75, 3.05) is 32.8 Å². The molecule has 0 unspecified atom stereocenters. The Morgan fingerprint density at radius 3 is 2.08 bits per heavy atom. The van der Waals surface area contributed by atoms with Crippen molar-refractivity contribution in [3.63, 3.8) is 0 Å². The summed E-state index contributed by atoms with van der Waals surface area (Å²) in [5.41, 5.74) is 5.27. The number of nitrogens with zero attached hydrogens (tertiary/aromatic N) is 2. The van der Waals surface area contributed by atoms with E-state index in [2.05, 4.69) is 35.1 Å². The molecule has 1 heterocycles. The van der Waals surface area contributed by atoms with Crippen molar-refractivity contribution in [2.45, 2.75) is 26.3 Å². The van der Waals surface area contributed by atoms with Gasteiger partial charge >= 0.3 is 64.5 Å². The van der Waals surface area contributed by atoms with Crippen LogP contribution in [0, 0.1) is 26.2 Å². The van der Waals surface area contributed by atoms with Crippen LogP contribution < -0.4 is 56.8 Å². The van der Waals surface area contributed by atoms with Gasteiger partial charge in [-0.05, 0) is 47.7 Å². The number of carbonyl (C=O) groups excluding carboxylic acids is 1. The van der Waals surface area contributed by atoms with E-state index in [9.17, 15) is 17.7 Å². The normalized spacial score (nSPS) is 15.2. The first-order chi connectivity index (χ1) is 18.2. The number of rotatable bonds is 5. The minimum Gasteiger partial charge on any atom is -0.448 e. The molecule has 1 fully saturated rings. The van der Waals surface area contributed by atoms with E-state index in [4.69, 9.17) is 11.2 Å². The van der Waals surface area contributed by atoms with Gasteiger partial charge in [0.05, 0.1) is 0 Å². The van der Waals surface area contributed by atoms with E-state index in [1.54, 1.807) is 11.0 Å². The standard InChI is InChI=1S/C30H29BF3N2O2.K/c1-4-22-17-23(21(3)29(20(22)2)31(32,33)34)18-35-13-15-36(16-14-35)30(37)38-19-28-26-11-7-5-9-24(26)25-10-6-8-12-27(25)28;/h1,5-12,17,28H,13-16,18-19H2,2-3H3;/q-1;+1. The smallest absolute Gasteiger partial charge is 0.448 e. The number of halogens is 3. The quantitative estimate of drug-likeness (QED) is 0.358. The Hall–Kier alpha value is -2.06. The van der Waals surface area contributed by atoms with Gasteiger partial charge in [-0.3, -0.25) is 4.90 Å². The average Bonchev–Trinajstić information content (AvgIpc) is 3.22. The van der Waals surface area contributed by atoms with Crippen LogP contribution in [0.5, 0.6) is 0 Å². The minimum atomic E-state index is -5.18. The van der Waals surface area contributed by atoms with Gasteiger partial charge < -0.3 is 22.6 Å². The summed E-state index contributed by atoms with van der Waals surface area (Å²) in [4.78, 5) is 16.6. The Morgan fingerprint density at radius 1 is 0.974 bits per heavy atom. The number of benzene rings is 3. The maximum Gasteiger partial charge on any atom is 1.00 e. The number of amides is 1. The summed E-state index contributed by atoms with van der Waals surface area (Å²) < 4.78 is 47.2. The fourth-order valence-corrected chi connectivity index (χ4v) is 5.81. The number of carbonyl (C=O) groups is 1. The number of terminal acetylenes is 1. The summed E-state index contributed by atoms with van der Waals surface area (Å²) in [5, 5.41) is 0. The first kappa shape index (κ1) is 29.9. The van der Waals surface area contributed by atoms with Gasteiger partial charge in [-0.25, -0.2) is 4.79 Å². The second-order valence-corrected chi connectivity index (χ2v) is 10.0. The molecule has 0 spiro atoms. The summed E-state index contributed by atoms with van der Waals surface area (Å²) in [6, 6.07) is 18.1. The fourth-order valence-electron chi connectivity index (χ4n) is 5.81. The molecule has 1 aliphatic heterocycles. The zero-order valence-electron chi connectivity index (χ0n) is 22.5. The van der Waals surface area contributed by atoms with Gasteiger partial charge in [0, 0.05) is 44.2 Å². The molecule has 0 aromatic heterocycles. The summed E-state index contributed by atoms with van der Waals surface area (Å²) in [5.74, 6) is 2.40. The van der Waals surface area contributed by atoms with Crippen molar-refractivity contribution < 1.29 is 73.9 Å². The van der Waals surface area contributed by atoms with Gasteiger partial charge in [-0.15, -0.1) is 11.9 Å². The topological polar surface area (TPSA) is 32.8 Å². The van der Waals surface area contributed by atoms with Crippen molar-refractivity contribution in [3.8, 4) is 23.5 Å². The Labute approximate surface area is 270 Å². The summed E-state index contributed by atoms with van der Waals surface area (Å²) in [7, 11) is 0. The van der Waals surface area contributed by atoms with Gasteiger partial charge in [0.15, 0.2) is 0 Å². The molecule has 196 valence electrons. The number of hydrogen-bond acceptors (Lipinski definition) is 3. The van der Waals surface area contributed by atoms with Crippen LogP contribution in [-0.2, 0) is 11.3 Å². The molecule has 1 aliphatic carbocycles. The molecule has 0 bridgehead atoms. The van der Waals surface area contributed by atoms with Crippen LogP contribution in [0.15, 0.2) is 54.6 Å². The largest absolute Gasteiger partial charge is 1.00 e. The Bertz CT molecular complexity index is 1380. The Balaban J connectivity index is 0.00000353. The number of hydrogen-bond donors (Lipinski definition) is 0. The van der Waals surface area contributed by atoms with Crippen LogP contribution in [0.4, 0.5) is 17.7 Å². The van der Waals surface area contributed by atoms with Gasteiger partial charge in [0.1, 0.15) is 6.61 Å². The summed E-state index contributed by atoms with van der Waals surface area (Å²) >= 11 is 0. The second kappa shape index (κ2) is 12.2. The molecule has 2 aliphatic rings. The van der Waals surface area contributed by atoms with E-state index in [0.29, 0.717) is 38.3 Å². The predicted molar refractivity (Wildman–Crippen MR) is 144 cm³/mol. The zero-order chi connectivity index (χ0) is 27.0. The van der Waals surface area contributed by atoms with Crippen LogP contribution in [0.1, 0.15) is 39.3 Å². The summed E-state index contributed by atoms with van der Waals surface area (Å²) in [6.45, 7) is 0.334. The van der Waals surface area contributed by atoms with Crippen molar-refractivity contribution in [1.29, 1.82) is 0 Å². The molecule has 0 N–H and O–H groups in total. The summed E-state index contributed by atoms with van der Waals surface area (Å²) in [6.07, 6.45) is 5.14.